The van der Waals surface area contributed by atoms with Crippen molar-refractivity contribution >= 4 is 0 Å². The van der Waals surface area contributed by atoms with E-state index in [0.29, 0.717) is 23.9 Å². The molecule has 0 radical (unpaired) electrons. The summed E-state index contributed by atoms with van der Waals surface area (Å²) in [5.41, 5.74) is 0. The van der Waals surface area contributed by atoms with Gasteiger partial charge in [0.25, 0.3) is 0 Å². The highest BCUT2D eigenvalue weighted by Gasteiger charge is 2.53. The van der Waals surface area contributed by atoms with Crippen molar-refractivity contribution < 1.29 is 5.11 Å². The van der Waals surface area contributed by atoms with Crippen molar-refractivity contribution in [2.24, 2.45) is 23.7 Å². The molecule has 2 fully saturated rings. The number of nitrogens with zero attached hydrogens (tertiary/aromatic N) is 1. The Bertz CT molecular complexity index is 253. The van der Waals surface area contributed by atoms with Gasteiger partial charge in [-0.1, -0.05) is 13.8 Å². The van der Waals surface area contributed by atoms with Crippen LogP contribution in [0.25, 0.3) is 0 Å². The van der Waals surface area contributed by atoms with Crippen molar-refractivity contribution in [3.05, 3.63) is 0 Å². The molecule has 2 aliphatic rings. The van der Waals surface area contributed by atoms with Crippen molar-refractivity contribution in [1.29, 1.82) is 0 Å². The Balaban J connectivity index is 2.18. The molecule has 94 valence electrons. The van der Waals surface area contributed by atoms with Crippen LogP contribution >= 0.6 is 0 Å². The first-order valence-corrected chi connectivity index (χ1v) is 6.92. The van der Waals surface area contributed by atoms with Gasteiger partial charge < -0.3 is 5.11 Å². The molecule has 1 heterocycles. The molecule has 1 aliphatic carbocycles. The molecule has 0 aromatic heterocycles. The molecular formula is C14H27NO. The highest BCUT2D eigenvalue weighted by atomic mass is 16.3. The smallest absolute Gasteiger partial charge is 0.0543 e. The molecule has 7 atom stereocenters. The van der Waals surface area contributed by atoms with Crippen molar-refractivity contribution in [3.8, 4) is 0 Å². The Morgan fingerprint density at radius 1 is 1.25 bits per heavy atom. The van der Waals surface area contributed by atoms with Crippen LogP contribution in [0.1, 0.15) is 41.0 Å². The molecule has 1 N–H and O–H groups in total. The molecule has 2 nitrogen and oxygen atoms in total. The van der Waals surface area contributed by atoms with Gasteiger partial charge in [0.05, 0.1) is 6.10 Å². The van der Waals surface area contributed by atoms with E-state index in [1.807, 2.05) is 6.92 Å². The van der Waals surface area contributed by atoms with Gasteiger partial charge in [0, 0.05) is 12.1 Å². The van der Waals surface area contributed by atoms with Gasteiger partial charge in [-0.05, 0) is 57.4 Å². The van der Waals surface area contributed by atoms with Crippen LogP contribution in [-0.4, -0.2) is 34.7 Å². The van der Waals surface area contributed by atoms with Crippen LogP contribution in [0.15, 0.2) is 0 Å². The fourth-order valence-corrected chi connectivity index (χ4v) is 4.73. The van der Waals surface area contributed by atoms with Crippen molar-refractivity contribution in [2.75, 3.05) is 6.54 Å². The fraction of sp³-hybridized carbons (Fsp3) is 1.00. The van der Waals surface area contributed by atoms with Crippen LogP contribution in [0.4, 0.5) is 0 Å². The zero-order valence-corrected chi connectivity index (χ0v) is 11.4. The molecule has 0 aromatic carbocycles. The quantitative estimate of drug-likeness (QED) is 0.780. The zero-order valence-electron chi connectivity index (χ0n) is 11.4. The minimum atomic E-state index is -0.130. The van der Waals surface area contributed by atoms with E-state index < -0.39 is 0 Å². The number of likely N-dealkylation sites (tertiary alicyclic amines) is 1. The van der Waals surface area contributed by atoms with Crippen molar-refractivity contribution in [3.63, 3.8) is 0 Å². The molecule has 16 heavy (non-hydrogen) atoms. The first kappa shape index (κ1) is 12.4. The highest BCUT2D eigenvalue weighted by molar-refractivity contribution is 5.04. The Labute approximate surface area is 100 Å². The van der Waals surface area contributed by atoms with Gasteiger partial charge in [-0.15, -0.1) is 0 Å². The molecule has 3 unspecified atom stereocenters. The third-order valence-electron chi connectivity index (χ3n) is 5.53. The maximum absolute atomic E-state index is 9.86. The monoisotopic (exact) mass is 225 g/mol. The molecule has 0 spiro atoms. The van der Waals surface area contributed by atoms with E-state index in [9.17, 15) is 5.11 Å². The van der Waals surface area contributed by atoms with Crippen LogP contribution in [0.5, 0.6) is 0 Å². The number of rotatable bonds is 2. The second kappa shape index (κ2) is 4.30. The summed E-state index contributed by atoms with van der Waals surface area (Å²) in [4.78, 5) is 2.64. The SMILES string of the molecule is CCN1C(C)[C@@H]2CC(C(C)O)[C@H](C)[C@@H]2[C@H]1C. The van der Waals surface area contributed by atoms with Crippen molar-refractivity contribution in [1.82, 2.24) is 4.90 Å². The lowest BCUT2D eigenvalue weighted by Crippen LogP contribution is -2.37. The molecule has 2 heteroatoms. The van der Waals surface area contributed by atoms with Crippen LogP contribution < -0.4 is 0 Å². The van der Waals surface area contributed by atoms with Gasteiger partial charge >= 0.3 is 0 Å². The number of aliphatic hydroxyl groups is 1. The Morgan fingerprint density at radius 3 is 2.31 bits per heavy atom. The van der Waals surface area contributed by atoms with E-state index in [4.69, 9.17) is 0 Å². The summed E-state index contributed by atoms with van der Waals surface area (Å²) >= 11 is 0. The lowest BCUT2D eigenvalue weighted by Gasteiger charge is -2.31. The molecule has 2 rings (SSSR count). The van der Waals surface area contributed by atoms with Crippen LogP contribution in [0, 0.1) is 23.7 Å². The highest BCUT2D eigenvalue weighted by Crippen LogP contribution is 2.52. The average Bonchev–Trinajstić information content (AvgIpc) is 2.66. The topological polar surface area (TPSA) is 23.5 Å². The van der Waals surface area contributed by atoms with E-state index in [2.05, 4.69) is 32.6 Å². The van der Waals surface area contributed by atoms with Gasteiger partial charge in [-0.25, -0.2) is 0 Å². The summed E-state index contributed by atoms with van der Waals surface area (Å²) in [6, 6.07) is 1.40. The standard InChI is InChI=1S/C14H27NO/c1-6-15-9(3)13-7-12(11(5)16)8(2)14(13)10(15)4/h8-14,16H,6-7H2,1-5H3/t8-,9?,10+,11?,12?,13-,14+/m0/s1. The van der Waals surface area contributed by atoms with Gasteiger partial charge in [-0.3, -0.25) is 4.90 Å². The van der Waals surface area contributed by atoms with Crippen LogP contribution in [0.2, 0.25) is 0 Å². The first-order valence-electron chi connectivity index (χ1n) is 6.92. The molecule has 1 aliphatic heterocycles. The Kier molecular flexibility index (Phi) is 3.33. The zero-order chi connectivity index (χ0) is 12.0. The van der Waals surface area contributed by atoms with E-state index in [1.54, 1.807) is 0 Å². The number of aliphatic hydroxyl groups excluding tert-OH is 1. The van der Waals surface area contributed by atoms with Gasteiger partial charge in [0.15, 0.2) is 0 Å². The third kappa shape index (κ3) is 1.62. The van der Waals surface area contributed by atoms with E-state index >= 15 is 0 Å². The summed E-state index contributed by atoms with van der Waals surface area (Å²) in [5.74, 6) is 2.82. The maximum Gasteiger partial charge on any atom is 0.0543 e. The van der Waals surface area contributed by atoms with Crippen LogP contribution in [0.3, 0.4) is 0 Å². The van der Waals surface area contributed by atoms with Gasteiger partial charge in [0.2, 0.25) is 0 Å². The second-order valence-corrected chi connectivity index (χ2v) is 6.05. The first-order chi connectivity index (χ1) is 7.49. The summed E-state index contributed by atoms with van der Waals surface area (Å²) in [7, 11) is 0. The minimum absolute atomic E-state index is 0.130. The van der Waals surface area contributed by atoms with E-state index in [-0.39, 0.29) is 6.10 Å². The number of fused-ring (bicyclic) bond motifs is 1. The molecular weight excluding hydrogens is 198 g/mol. The summed E-state index contributed by atoms with van der Waals surface area (Å²) in [5, 5.41) is 9.86. The lowest BCUT2D eigenvalue weighted by atomic mass is 9.84. The molecule has 1 saturated carbocycles. The lowest BCUT2D eigenvalue weighted by molar-refractivity contribution is 0.0809. The average molecular weight is 225 g/mol. The largest absolute Gasteiger partial charge is 0.393 e. The normalized spacial score (nSPS) is 50.6. The molecule has 0 aromatic rings. The van der Waals surface area contributed by atoms with Gasteiger partial charge in [-0.2, -0.15) is 0 Å². The minimum Gasteiger partial charge on any atom is -0.393 e. The van der Waals surface area contributed by atoms with Gasteiger partial charge in [0.1, 0.15) is 0 Å². The van der Waals surface area contributed by atoms with Crippen molar-refractivity contribution in [2.45, 2.75) is 59.2 Å². The Morgan fingerprint density at radius 2 is 1.88 bits per heavy atom. The molecule has 0 amide bonds. The van der Waals surface area contributed by atoms with Crippen LogP contribution in [-0.2, 0) is 0 Å². The maximum atomic E-state index is 9.86. The van der Waals surface area contributed by atoms with E-state index in [1.165, 1.54) is 13.0 Å². The predicted octanol–water partition coefficient (Wildman–Crippen LogP) is 2.37. The third-order valence-corrected chi connectivity index (χ3v) is 5.53. The summed E-state index contributed by atoms with van der Waals surface area (Å²) in [6.45, 7) is 12.5. The summed E-state index contributed by atoms with van der Waals surface area (Å²) < 4.78 is 0. The molecule has 1 saturated heterocycles. The summed E-state index contributed by atoms with van der Waals surface area (Å²) in [6.07, 6.45) is 1.10. The fourth-order valence-electron chi connectivity index (χ4n) is 4.73. The number of hydrogen-bond acceptors (Lipinski definition) is 2. The Hall–Kier alpha value is -0.0800. The number of hydrogen-bond donors (Lipinski definition) is 1. The predicted molar refractivity (Wildman–Crippen MR) is 67.2 cm³/mol. The molecule has 0 bridgehead atoms. The second-order valence-electron chi connectivity index (χ2n) is 6.05. The van der Waals surface area contributed by atoms with E-state index in [0.717, 1.165) is 11.8 Å².